The van der Waals surface area contributed by atoms with Crippen LogP contribution in [0.2, 0.25) is 0 Å². The van der Waals surface area contributed by atoms with E-state index in [4.69, 9.17) is 13.9 Å². The summed E-state index contributed by atoms with van der Waals surface area (Å²) in [7, 11) is 0. The van der Waals surface area contributed by atoms with E-state index in [0.717, 1.165) is 5.76 Å². The van der Waals surface area contributed by atoms with Gasteiger partial charge in [-0.2, -0.15) is 0 Å². The van der Waals surface area contributed by atoms with Crippen LogP contribution >= 0.6 is 0 Å². The predicted octanol–water partition coefficient (Wildman–Crippen LogP) is 2.28. The average molecular weight is 282 g/mol. The van der Waals surface area contributed by atoms with Gasteiger partial charge in [0.2, 0.25) is 0 Å². The Labute approximate surface area is 118 Å². The number of ether oxygens (including phenoxy) is 2. The average Bonchev–Trinajstić information content (AvgIpc) is 2.93. The summed E-state index contributed by atoms with van der Waals surface area (Å²) in [6, 6.07) is 3.64. The van der Waals surface area contributed by atoms with E-state index in [1.165, 1.54) is 0 Å². The lowest BCUT2D eigenvalue weighted by Crippen LogP contribution is -2.40. The minimum atomic E-state index is -0.838. The molecule has 0 spiro atoms. The molecule has 5 nitrogen and oxygen atoms in total. The van der Waals surface area contributed by atoms with Gasteiger partial charge >= 0.3 is 5.97 Å². The standard InChI is InChI=1S/C15H22O5/c1-2-19-14(16)12-5-7-15(17,8-6-12)11-18-10-13-4-3-9-20-13/h3-4,9,12,17H,2,5-8,10-11H2,1H3. The summed E-state index contributed by atoms with van der Waals surface area (Å²) >= 11 is 0. The topological polar surface area (TPSA) is 68.9 Å². The number of carbonyl (C=O) groups excluding carboxylic acids is 1. The van der Waals surface area contributed by atoms with Gasteiger partial charge in [0.1, 0.15) is 12.4 Å². The Hall–Kier alpha value is -1.33. The largest absolute Gasteiger partial charge is 0.467 e. The number of rotatable bonds is 6. The van der Waals surface area contributed by atoms with E-state index < -0.39 is 5.60 Å². The smallest absolute Gasteiger partial charge is 0.308 e. The minimum absolute atomic E-state index is 0.0831. The zero-order valence-electron chi connectivity index (χ0n) is 11.8. The van der Waals surface area contributed by atoms with Crippen LogP contribution in [-0.2, 0) is 20.9 Å². The zero-order valence-corrected chi connectivity index (χ0v) is 11.8. The van der Waals surface area contributed by atoms with Crippen molar-refractivity contribution in [1.82, 2.24) is 0 Å². The van der Waals surface area contributed by atoms with Crippen LogP contribution in [-0.4, -0.2) is 29.9 Å². The van der Waals surface area contributed by atoms with Gasteiger partial charge in [0.15, 0.2) is 0 Å². The quantitative estimate of drug-likeness (QED) is 0.811. The third-order valence-corrected chi connectivity index (χ3v) is 3.73. The van der Waals surface area contributed by atoms with E-state index in [0.29, 0.717) is 38.9 Å². The molecule has 5 heteroatoms. The molecule has 0 aromatic carbocycles. The monoisotopic (exact) mass is 282 g/mol. The first-order chi connectivity index (χ1) is 9.63. The third-order valence-electron chi connectivity index (χ3n) is 3.73. The Balaban J connectivity index is 1.72. The first-order valence-corrected chi connectivity index (χ1v) is 7.12. The summed E-state index contributed by atoms with van der Waals surface area (Å²) in [4.78, 5) is 11.6. The second-order valence-corrected chi connectivity index (χ2v) is 5.32. The van der Waals surface area contributed by atoms with Crippen LogP contribution in [0.25, 0.3) is 0 Å². The molecule has 1 aliphatic rings. The Kier molecular flexibility index (Phi) is 5.20. The fourth-order valence-corrected chi connectivity index (χ4v) is 2.53. The van der Waals surface area contributed by atoms with Gasteiger partial charge in [-0.3, -0.25) is 4.79 Å². The maximum atomic E-state index is 11.6. The van der Waals surface area contributed by atoms with Crippen LogP contribution in [0.5, 0.6) is 0 Å². The summed E-state index contributed by atoms with van der Waals surface area (Å²) in [5.74, 6) is 0.514. The Morgan fingerprint density at radius 1 is 1.50 bits per heavy atom. The normalized spacial score (nSPS) is 26.4. The maximum Gasteiger partial charge on any atom is 0.308 e. The first-order valence-electron chi connectivity index (χ1n) is 7.12. The Bertz CT molecular complexity index is 404. The molecule has 1 saturated carbocycles. The lowest BCUT2D eigenvalue weighted by atomic mass is 9.79. The van der Waals surface area contributed by atoms with Crippen molar-refractivity contribution in [2.45, 2.75) is 44.8 Å². The molecule has 0 atom stereocenters. The molecule has 0 radical (unpaired) electrons. The highest BCUT2D eigenvalue weighted by Gasteiger charge is 2.36. The highest BCUT2D eigenvalue weighted by atomic mass is 16.5. The van der Waals surface area contributed by atoms with Gasteiger partial charge in [0.25, 0.3) is 0 Å². The zero-order chi connectivity index (χ0) is 14.4. The van der Waals surface area contributed by atoms with Crippen LogP contribution in [0.3, 0.4) is 0 Å². The molecule has 20 heavy (non-hydrogen) atoms. The summed E-state index contributed by atoms with van der Waals surface area (Å²) in [5, 5.41) is 10.4. The molecule has 0 saturated heterocycles. The van der Waals surface area contributed by atoms with Crippen molar-refractivity contribution >= 4 is 5.97 Å². The van der Waals surface area contributed by atoms with Crippen molar-refractivity contribution in [3.63, 3.8) is 0 Å². The van der Waals surface area contributed by atoms with E-state index in [-0.39, 0.29) is 18.5 Å². The molecule has 0 amide bonds. The van der Waals surface area contributed by atoms with Crippen molar-refractivity contribution < 1.29 is 23.8 Å². The number of aliphatic hydroxyl groups is 1. The highest BCUT2D eigenvalue weighted by molar-refractivity contribution is 5.72. The SMILES string of the molecule is CCOC(=O)C1CCC(O)(COCc2ccco2)CC1. The molecule has 1 fully saturated rings. The van der Waals surface area contributed by atoms with Gasteiger partial charge in [-0.25, -0.2) is 0 Å². The highest BCUT2D eigenvalue weighted by Crippen LogP contribution is 2.33. The summed E-state index contributed by atoms with van der Waals surface area (Å²) in [6.45, 7) is 2.84. The molecule has 0 bridgehead atoms. The Morgan fingerprint density at radius 2 is 2.25 bits per heavy atom. The summed E-state index contributed by atoms with van der Waals surface area (Å²) < 4.78 is 15.7. The van der Waals surface area contributed by atoms with E-state index >= 15 is 0 Å². The van der Waals surface area contributed by atoms with E-state index in [9.17, 15) is 9.90 Å². The molecule has 1 aromatic heterocycles. The fourth-order valence-electron chi connectivity index (χ4n) is 2.53. The van der Waals surface area contributed by atoms with Gasteiger partial charge in [-0.1, -0.05) is 0 Å². The molecule has 1 N–H and O–H groups in total. The number of esters is 1. The number of carbonyl (C=O) groups is 1. The second kappa shape index (κ2) is 6.90. The first kappa shape index (κ1) is 15.1. The van der Waals surface area contributed by atoms with Crippen LogP contribution in [0, 0.1) is 5.92 Å². The number of furan rings is 1. The Morgan fingerprint density at radius 3 is 2.85 bits per heavy atom. The van der Waals surface area contributed by atoms with Gasteiger partial charge in [0.05, 0.1) is 31.0 Å². The molecule has 1 aromatic rings. The molecule has 1 heterocycles. The fraction of sp³-hybridized carbons (Fsp3) is 0.667. The number of hydrogen-bond donors (Lipinski definition) is 1. The number of hydrogen-bond acceptors (Lipinski definition) is 5. The second-order valence-electron chi connectivity index (χ2n) is 5.32. The molecule has 112 valence electrons. The summed E-state index contributed by atoms with van der Waals surface area (Å²) in [6.07, 6.45) is 4.03. The van der Waals surface area contributed by atoms with Gasteiger partial charge in [-0.15, -0.1) is 0 Å². The van der Waals surface area contributed by atoms with E-state index in [1.807, 2.05) is 6.07 Å². The van der Waals surface area contributed by atoms with Gasteiger partial charge < -0.3 is 19.0 Å². The van der Waals surface area contributed by atoms with Gasteiger partial charge in [0, 0.05) is 0 Å². The minimum Gasteiger partial charge on any atom is -0.467 e. The van der Waals surface area contributed by atoms with Crippen LogP contribution in [0.1, 0.15) is 38.4 Å². The van der Waals surface area contributed by atoms with Crippen LogP contribution in [0.4, 0.5) is 0 Å². The van der Waals surface area contributed by atoms with Crippen molar-refractivity contribution in [2.24, 2.45) is 5.92 Å². The molecule has 2 rings (SSSR count). The molecule has 1 aliphatic carbocycles. The maximum absolute atomic E-state index is 11.6. The van der Waals surface area contributed by atoms with Gasteiger partial charge in [-0.05, 0) is 44.7 Å². The summed E-state index contributed by atoms with van der Waals surface area (Å²) in [5.41, 5.74) is -0.838. The third kappa shape index (κ3) is 4.08. The van der Waals surface area contributed by atoms with Crippen molar-refractivity contribution in [3.05, 3.63) is 24.2 Å². The predicted molar refractivity (Wildman–Crippen MR) is 71.9 cm³/mol. The van der Waals surface area contributed by atoms with Crippen molar-refractivity contribution in [3.8, 4) is 0 Å². The molecule has 0 unspecified atom stereocenters. The molecular weight excluding hydrogens is 260 g/mol. The lowest BCUT2D eigenvalue weighted by molar-refractivity contribution is -0.152. The van der Waals surface area contributed by atoms with E-state index in [2.05, 4.69) is 0 Å². The molecule has 0 aliphatic heterocycles. The van der Waals surface area contributed by atoms with Crippen LogP contribution in [0.15, 0.2) is 22.8 Å². The van der Waals surface area contributed by atoms with Crippen LogP contribution < -0.4 is 0 Å². The molecular formula is C15H22O5. The lowest BCUT2D eigenvalue weighted by Gasteiger charge is -2.34. The van der Waals surface area contributed by atoms with Crippen molar-refractivity contribution in [2.75, 3.05) is 13.2 Å². The van der Waals surface area contributed by atoms with Crippen molar-refractivity contribution in [1.29, 1.82) is 0 Å². The van der Waals surface area contributed by atoms with E-state index in [1.54, 1.807) is 19.3 Å².